The summed E-state index contributed by atoms with van der Waals surface area (Å²) in [4.78, 5) is 11.5. The molecule has 0 aliphatic heterocycles. The highest BCUT2D eigenvalue weighted by Gasteiger charge is 2.07. The van der Waals surface area contributed by atoms with Crippen LogP contribution in [0, 0.1) is 0 Å². The highest BCUT2D eigenvalue weighted by Crippen LogP contribution is 2.25. The SMILES string of the molecule is O=C(CCCCCCCCCCCCCCCCCCCCCOC/C=C/c1ccc(O)c(O)c1)OCC(O)CO. The Labute approximate surface area is 249 Å². The van der Waals surface area contributed by atoms with Gasteiger partial charge < -0.3 is 29.9 Å². The van der Waals surface area contributed by atoms with Gasteiger partial charge in [-0.1, -0.05) is 127 Å². The second-order valence-corrected chi connectivity index (χ2v) is 11.2. The number of unbranched alkanes of at least 4 members (excludes halogenated alkanes) is 18. The van der Waals surface area contributed by atoms with E-state index >= 15 is 0 Å². The minimum atomic E-state index is -0.970. The summed E-state index contributed by atoms with van der Waals surface area (Å²) in [6.07, 6.45) is 27.3. The number of aliphatic hydroxyl groups excluding tert-OH is 2. The zero-order valence-electron chi connectivity index (χ0n) is 25.4. The minimum Gasteiger partial charge on any atom is -0.504 e. The van der Waals surface area contributed by atoms with Crippen molar-refractivity contribution >= 4 is 12.0 Å². The van der Waals surface area contributed by atoms with Gasteiger partial charge in [0, 0.05) is 13.0 Å². The number of aromatic hydroxyl groups is 2. The Kier molecular flexibility index (Phi) is 24.1. The third-order valence-electron chi connectivity index (χ3n) is 7.34. The maximum Gasteiger partial charge on any atom is 0.305 e. The van der Waals surface area contributed by atoms with Gasteiger partial charge in [0.25, 0.3) is 0 Å². The number of rotatable bonds is 28. The van der Waals surface area contributed by atoms with E-state index in [0.717, 1.165) is 37.9 Å². The van der Waals surface area contributed by atoms with Crippen LogP contribution in [0.5, 0.6) is 11.5 Å². The zero-order chi connectivity index (χ0) is 29.8. The van der Waals surface area contributed by atoms with E-state index in [1.54, 1.807) is 6.07 Å². The van der Waals surface area contributed by atoms with Gasteiger partial charge in [-0.15, -0.1) is 0 Å². The molecule has 7 nitrogen and oxygen atoms in total. The van der Waals surface area contributed by atoms with Gasteiger partial charge >= 0.3 is 5.97 Å². The number of ether oxygens (including phenoxy) is 2. The van der Waals surface area contributed by atoms with Crippen LogP contribution in [0.4, 0.5) is 0 Å². The third kappa shape index (κ3) is 23.2. The molecule has 4 N–H and O–H groups in total. The lowest BCUT2D eigenvalue weighted by Crippen LogP contribution is -2.21. The Morgan fingerprint density at radius 3 is 1.68 bits per heavy atom. The Morgan fingerprint density at radius 1 is 0.707 bits per heavy atom. The maximum atomic E-state index is 11.5. The maximum absolute atomic E-state index is 11.5. The van der Waals surface area contributed by atoms with Crippen molar-refractivity contribution in [1.82, 2.24) is 0 Å². The lowest BCUT2D eigenvalue weighted by molar-refractivity contribution is -0.147. The second kappa shape index (κ2) is 26.8. The van der Waals surface area contributed by atoms with E-state index in [9.17, 15) is 15.0 Å². The molecule has 41 heavy (non-hydrogen) atoms. The molecule has 1 atom stereocenters. The van der Waals surface area contributed by atoms with E-state index in [1.807, 2.05) is 12.2 Å². The van der Waals surface area contributed by atoms with Crippen LogP contribution in [0.2, 0.25) is 0 Å². The monoisotopic (exact) mass is 578 g/mol. The first-order valence-corrected chi connectivity index (χ1v) is 16.2. The molecule has 0 spiro atoms. The van der Waals surface area contributed by atoms with Gasteiger partial charge in [0.15, 0.2) is 11.5 Å². The van der Waals surface area contributed by atoms with Crippen molar-refractivity contribution in [2.45, 2.75) is 135 Å². The largest absolute Gasteiger partial charge is 0.504 e. The summed E-state index contributed by atoms with van der Waals surface area (Å²) < 4.78 is 10.5. The molecule has 0 saturated carbocycles. The topological polar surface area (TPSA) is 116 Å². The van der Waals surface area contributed by atoms with Crippen LogP contribution in [0.25, 0.3) is 6.08 Å². The average molecular weight is 579 g/mol. The Bertz CT molecular complexity index is 780. The van der Waals surface area contributed by atoms with E-state index < -0.39 is 6.10 Å². The molecule has 1 aromatic carbocycles. The van der Waals surface area contributed by atoms with Crippen LogP contribution < -0.4 is 0 Å². The molecule has 0 heterocycles. The van der Waals surface area contributed by atoms with Crippen LogP contribution in [0.1, 0.15) is 134 Å². The summed E-state index contributed by atoms with van der Waals surface area (Å²) in [5.74, 6) is -0.496. The van der Waals surface area contributed by atoms with Crippen molar-refractivity contribution in [2.75, 3.05) is 26.4 Å². The van der Waals surface area contributed by atoms with Crippen molar-refractivity contribution in [1.29, 1.82) is 0 Å². The Morgan fingerprint density at radius 2 is 1.20 bits per heavy atom. The van der Waals surface area contributed by atoms with Crippen LogP contribution in [-0.4, -0.2) is 58.9 Å². The Hall–Kier alpha value is -2.09. The van der Waals surface area contributed by atoms with Gasteiger partial charge in [0.1, 0.15) is 12.7 Å². The molecule has 1 rings (SSSR count). The first kappa shape index (κ1) is 36.9. The van der Waals surface area contributed by atoms with Crippen LogP contribution in [0.15, 0.2) is 24.3 Å². The van der Waals surface area contributed by atoms with E-state index in [2.05, 4.69) is 0 Å². The van der Waals surface area contributed by atoms with Crippen LogP contribution in [-0.2, 0) is 14.3 Å². The fourth-order valence-electron chi connectivity index (χ4n) is 4.77. The molecule has 236 valence electrons. The standard InChI is InChI=1S/C34H58O7/c35-28-31(36)29-41-34(39)22-18-16-14-12-10-8-6-4-2-1-3-5-7-9-11-13-15-17-19-25-40-26-20-21-30-23-24-32(37)33(38)27-30/h20-21,23-24,27,31,35-38H,1-19,22,25-26,28-29H2/b21-20+. The molecule has 0 bridgehead atoms. The van der Waals surface area contributed by atoms with Gasteiger partial charge in [-0.3, -0.25) is 4.79 Å². The zero-order valence-corrected chi connectivity index (χ0v) is 25.4. The molecule has 0 aromatic heterocycles. The summed E-state index contributed by atoms with van der Waals surface area (Å²) >= 11 is 0. The molecular formula is C34H58O7. The number of phenolic OH excluding ortho intramolecular Hbond substituents is 2. The second-order valence-electron chi connectivity index (χ2n) is 11.2. The van der Waals surface area contributed by atoms with E-state index in [-0.39, 0.29) is 30.7 Å². The van der Waals surface area contributed by atoms with Gasteiger partial charge in [-0.25, -0.2) is 0 Å². The lowest BCUT2D eigenvalue weighted by Gasteiger charge is -2.08. The van der Waals surface area contributed by atoms with E-state index in [1.165, 1.54) is 108 Å². The van der Waals surface area contributed by atoms with Gasteiger partial charge in [0.05, 0.1) is 13.2 Å². The number of phenols is 2. The van der Waals surface area contributed by atoms with Crippen LogP contribution >= 0.6 is 0 Å². The minimum absolute atomic E-state index is 0.104. The molecule has 0 amide bonds. The Balaban J connectivity index is 1.72. The summed E-state index contributed by atoms with van der Waals surface area (Å²) in [5.41, 5.74) is 0.842. The molecule has 0 fully saturated rings. The van der Waals surface area contributed by atoms with Crippen molar-refractivity contribution < 1.29 is 34.7 Å². The fraction of sp³-hybridized carbons (Fsp3) is 0.735. The number of hydrogen-bond acceptors (Lipinski definition) is 7. The number of hydrogen-bond donors (Lipinski definition) is 4. The first-order valence-electron chi connectivity index (χ1n) is 16.2. The first-order chi connectivity index (χ1) is 20.0. The number of carbonyl (C=O) groups is 1. The van der Waals surface area contributed by atoms with Crippen molar-refractivity contribution in [2.24, 2.45) is 0 Å². The molecule has 1 unspecified atom stereocenters. The molecule has 0 radical (unpaired) electrons. The number of aliphatic hydroxyl groups is 2. The van der Waals surface area contributed by atoms with Gasteiger partial charge in [-0.2, -0.15) is 0 Å². The third-order valence-corrected chi connectivity index (χ3v) is 7.34. The summed E-state index contributed by atoms with van der Waals surface area (Å²) in [5, 5.41) is 36.7. The molecule has 1 aromatic rings. The number of carbonyl (C=O) groups excluding carboxylic acids is 1. The van der Waals surface area contributed by atoms with Crippen molar-refractivity contribution in [3.05, 3.63) is 29.8 Å². The fourth-order valence-corrected chi connectivity index (χ4v) is 4.77. The van der Waals surface area contributed by atoms with E-state index in [4.69, 9.17) is 19.7 Å². The van der Waals surface area contributed by atoms with Crippen LogP contribution in [0.3, 0.4) is 0 Å². The van der Waals surface area contributed by atoms with E-state index in [0.29, 0.717) is 13.0 Å². The van der Waals surface area contributed by atoms with Crippen molar-refractivity contribution in [3.8, 4) is 11.5 Å². The highest BCUT2D eigenvalue weighted by atomic mass is 16.5. The summed E-state index contributed by atoms with van der Waals surface area (Å²) in [6, 6.07) is 4.77. The molecule has 0 saturated heterocycles. The molecule has 0 aliphatic carbocycles. The number of esters is 1. The smallest absolute Gasteiger partial charge is 0.305 e. The summed E-state index contributed by atoms with van der Waals surface area (Å²) in [7, 11) is 0. The quantitative estimate of drug-likeness (QED) is 0.0455. The van der Waals surface area contributed by atoms with Gasteiger partial charge in [-0.05, 0) is 30.5 Å². The van der Waals surface area contributed by atoms with Crippen molar-refractivity contribution in [3.63, 3.8) is 0 Å². The highest BCUT2D eigenvalue weighted by molar-refractivity contribution is 5.69. The number of benzene rings is 1. The summed E-state index contributed by atoms with van der Waals surface area (Å²) in [6.45, 7) is 0.847. The normalized spacial score (nSPS) is 12.2. The molecule has 7 heteroatoms. The van der Waals surface area contributed by atoms with Gasteiger partial charge in [0.2, 0.25) is 0 Å². The lowest BCUT2D eigenvalue weighted by atomic mass is 10.0. The predicted octanol–water partition coefficient (Wildman–Crippen LogP) is 7.83. The molecule has 0 aliphatic rings. The molecular weight excluding hydrogens is 520 g/mol. The predicted molar refractivity (Wildman–Crippen MR) is 166 cm³/mol. The average Bonchev–Trinajstić information content (AvgIpc) is 2.97.